The van der Waals surface area contributed by atoms with Crippen LogP contribution in [0.5, 0.6) is 0 Å². The van der Waals surface area contributed by atoms with Gasteiger partial charge in [0, 0.05) is 6.54 Å². The Labute approximate surface area is 151 Å². The van der Waals surface area contributed by atoms with Crippen molar-refractivity contribution in [3.05, 3.63) is 24.2 Å². The molecule has 1 aromatic heterocycles. The van der Waals surface area contributed by atoms with Crippen molar-refractivity contribution >= 4 is 29.9 Å². The van der Waals surface area contributed by atoms with Crippen LogP contribution in [0, 0.1) is 5.92 Å². The molecule has 0 aliphatic rings. The Balaban J connectivity index is 0.00000441. The summed E-state index contributed by atoms with van der Waals surface area (Å²) in [5.74, 6) is 2.12. The van der Waals surface area contributed by atoms with Gasteiger partial charge in [-0.15, -0.1) is 24.0 Å². The van der Waals surface area contributed by atoms with Gasteiger partial charge in [-0.1, -0.05) is 27.7 Å². The largest absolute Gasteiger partial charge is 0.468 e. The molecule has 0 spiro atoms. The Kier molecular flexibility index (Phi) is 11.4. The molecule has 1 rings (SSSR count). The molecule has 128 valence electrons. The fourth-order valence-corrected chi connectivity index (χ4v) is 2.26. The molecule has 22 heavy (non-hydrogen) atoms. The van der Waals surface area contributed by atoms with Gasteiger partial charge in [-0.2, -0.15) is 0 Å². The van der Waals surface area contributed by atoms with Crippen molar-refractivity contribution in [1.82, 2.24) is 10.2 Å². The highest BCUT2D eigenvalue weighted by Crippen LogP contribution is 2.21. The van der Waals surface area contributed by atoms with Crippen molar-refractivity contribution in [2.45, 2.75) is 40.2 Å². The van der Waals surface area contributed by atoms with Crippen LogP contribution < -0.4 is 11.1 Å². The maximum Gasteiger partial charge on any atom is 0.188 e. The van der Waals surface area contributed by atoms with E-state index >= 15 is 0 Å². The second kappa shape index (κ2) is 11.8. The van der Waals surface area contributed by atoms with Crippen LogP contribution >= 0.6 is 24.0 Å². The van der Waals surface area contributed by atoms with Gasteiger partial charge < -0.3 is 15.5 Å². The quantitative estimate of drug-likeness (QED) is 0.364. The van der Waals surface area contributed by atoms with E-state index < -0.39 is 0 Å². The van der Waals surface area contributed by atoms with Crippen LogP contribution in [0.2, 0.25) is 0 Å². The summed E-state index contributed by atoms with van der Waals surface area (Å²) in [5.41, 5.74) is 5.93. The van der Waals surface area contributed by atoms with Gasteiger partial charge in [-0.25, -0.2) is 0 Å². The van der Waals surface area contributed by atoms with Crippen LogP contribution in [-0.4, -0.2) is 37.0 Å². The van der Waals surface area contributed by atoms with E-state index in [9.17, 15) is 0 Å². The summed E-state index contributed by atoms with van der Waals surface area (Å²) in [7, 11) is 0. The fourth-order valence-electron chi connectivity index (χ4n) is 2.26. The van der Waals surface area contributed by atoms with E-state index in [0.717, 1.165) is 31.8 Å². The number of rotatable bonds is 9. The Morgan fingerprint density at radius 3 is 2.55 bits per heavy atom. The number of nitrogens with two attached hydrogens (primary N) is 1. The fraction of sp³-hybridized carbons (Fsp3) is 0.688. The first kappa shape index (κ1) is 21.2. The smallest absolute Gasteiger partial charge is 0.188 e. The third-order valence-electron chi connectivity index (χ3n) is 3.59. The molecule has 1 heterocycles. The minimum atomic E-state index is 0. The molecule has 1 unspecified atom stereocenters. The number of hydrogen-bond donors (Lipinski definition) is 2. The molecule has 0 bridgehead atoms. The van der Waals surface area contributed by atoms with Gasteiger partial charge in [-0.3, -0.25) is 9.89 Å². The number of nitrogens with one attached hydrogen (secondary N) is 1. The summed E-state index contributed by atoms with van der Waals surface area (Å²) in [6.45, 7) is 12.1. The predicted molar refractivity (Wildman–Crippen MR) is 104 cm³/mol. The lowest BCUT2D eigenvalue weighted by atomic mass is 10.1. The molecule has 0 aromatic carbocycles. The lowest BCUT2D eigenvalue weighted by molar-refractivity contribution is 0.198. The average molecular weight is 422 g/mol. The molecule has 0 aliphatic heterocycles. The number of furan rings is 1. The van der Waals surface area contributed by atoms with Crippen LogP contribution in [0.15, 0.2) is 27.8 Å². The SMILES string of the molecule is CCN(CC)C(CN=C(N)NCCC(C)C)c1ccco1.I. The second-order valence-electron chi connectivity index (χ2n) is 5.59. The summed E-state index contributed by atoms with van der Waals surface area (Å²) in [6, 6.07) is 4.06. The zero-order valence-electron chi connectivity index (χ0n) is 14.2. The number of guanidine groups is 1. The minimum absolute atomic E-state index is 0. The summed E-state index contributed by atoms with van der Waals surface area (Å²) in [6.07, 6.45) is 2.80. The van der Waals surface area contributed by atoms with Gasteiger partial charge in [0.2, 0.25) is 0 Å². The number of nitrogens with zero attached hydrogens (tertiary/aromatic N) is 2. The summed E-state index contributed by atoms with van der Waals surface area (Å²) >= 11 is 0. The lowest BCUT2D eigenvalue weighted by Crippen LogP contribution is -2.35. The maximum atomic E-state index is 5.93. The number of hydrogen-bond acceptors (Lipinski definition) is 3. The minimum Gasteiger partial charge on any atom is -0.468 e. The van der Waals surface area contributed by atoms with Crippen molar-refractivity contribution < 1.29 is 4.42 Å². The first-order valence-corrected chi connectivity index (χ1v) is 7.89. The third kappa shape index (κ3) is 7.49. The molecule has 0 radical (unpaired) electrons. The highest BCUT2D eigenvalue weighted by atomic mass is 127. The van der Waals surface area contributed by atoms with E-state index in [0.29, 0.717) is 18.4 Å². The Hall–Kier alpha value is -0.760. The van der Waals surface area contributed by atoms with Gasteiger partial charge in [0.25, 0.3) is 0 Å². The highest BCUT2D eigenvalue weighted by molar-refractivity contribution is 14.0. The standard InChI is InChI=1S/C16H30N4O.HI/c1-5-20(6-2)14(15-8-7-11-21-15)12-19-16(17)18-10-9-13(3)4;/h7-8,11,13-14H,5-6,9-10,12H2,1-4H3,(H3,17,18,19);1H. The van der Waals surface area contributed by atoms with Crippen molar-refractivity contribution in [3.63, 3.8) is 0 Å². The molecule has 0 saturated heterocycles. The Morgan fingerprint density at radius 1 is 1.36 bits per heavy atom. The first-order chi connectivity index (χ1) is 10.1. The van der Waals surface area contributed by atoms with E-state index in [1.807, 2.05) is 12.1 Å². The number of halogens is 1. The van der Waals surface area contributed by atoms with E-state index in [-0.39, 0.29) is 30.0 Å². The molecule has 1 atom stereocenters. The van der Waals surface area contributed by atoms with Gasteiger partial charge >= 0.3 is 0 Å². The van der Waals surface area contributed by atoms with Crippen LogP contribution in [0.25, 0.3) is 0 Å². The monoisotopic (exact) mass is 422 g/mol. The van der Waals surface area contributed by atoms with Gasteiger partial charge in [0.05, 0.1) is 18.8 Å². The molecule has 1 aromatic rings. The second-order valence-corrected chi connectivity index (χ2v) is 5.59. The molecular weight excluding hydrogens is 391 g/mol. The zero-order chi connectivity index (χ0) is 15.7. The van der Waals surface area contributed by atoms with E-state index in [2.05, 4.69) is 42.9 Å². The molecule has 0 saturated carbocycles. The molecular formula is C16H31IN4O. The lowest BCUT2D eigenvalue weighted by Gasteiger charge is -2.26. The van der Waals surface area contributed by atoms with Crippen molar-refractivity contribution in [2.75, 3.05) is 26.2 Å². The highest BCUT2D eigenvalue weighted by Gasteiger charge is 2.20. The van der Waals surface area contributed by atoms with Gasteiger partial charge in [0.15, 0.2) is 5.96 Å². The third-order valence-corrected chi connectivity index (χ3v) is 3.59. The first-order valence-electron chi connectivity index (χ1n) is 7.89. The van der Waals surface area contributed by atoms with Gasteiger partial charge in [0.1, 0.15) is 5.76 Å². The Morgan fingerprint density at radius 2 is 2.05 bits per heavy atom. The number of aliphatic imine (C=N–C) groups is 1. The molecule has 0 amide bonds. The molecule has 0 aliphatic carbocycles. The van der Waals surface area contributed by atoms with Gasteiger partial charge in [-0.05, 0) is 37.6 Å². The van der Waals surface area contributed by atoms with E-state index in [1.165, 1.54) is 0 Å². The van der Waals surface area contributed by atoms with Crippen LogP contribution in [-0.2, 0) is 0 Å². The summed E-state index contributed by atoms with van der Waals surface area (Å²) < 4.78 is 5.55. The van der Waals surface area contributed by atoms with Crippen LogP contribution in [0.4, 0.5) is 0 Å². The topological polar surface area (TPSA) is 66.8 Å². The Bertz CT molecular complexity index is 402. The molecule has 0 fully saturated rings. The predicted octanol–water partition coefficient (Wildman–Crippen LogP) is 3.23. The normalized spacial score (nSPS) is 13.3. The van der Waals surface area contributed by atoms with E-state index in [1.54, 1.807) is 6.26 Å². The molecule has 6 heteroatoms. The number of likely N-dealkylation sites (N-methyl/N-ethyl adjacent to an activating group) is 1. The van der Waals surface area contributed by atoms with Crippen LogP contribution in [0.3, 0.4) is 0 Å². The van der Waals surface area contributed by atoms with Crippen molar-refractivity contribution in [2.24, 2.45) is 16.6 Å². The zero-order valence-corrected chi connectivity index (χ0v) is 16.5. The van der Waals surface area contributed by atoms with E-state index in [4.69, 9.17) is 10.2 Å². The molecule has 5 nitrogen and oxygen atoms in total. The van der Waals surface area contributed by atoms with Crippen molar-refractivity contribution in [3.8, 4) is 0 Å². The average Bonchev–Trinajstić information content (AvgIpc) is 2.96. The molecule has 3 N–H and O–H groups in total. The van der Waals surface area contributed by atoms with Crippen molar-refractivity contribution in [1.29, 1.82) is 0 Å². The maximum absolute atomic E-state index is 5.93. The summed E-state index contributed by atoms with van der Waals surface area (Å²) in [5, 5.41) is 3.17. The van der Waals surface area contributed by atoms with Crippen LogP contribution in [0.1, 0.15) is 45.9 Å². The summed E-state index contributed by atoms with van der Waals surface area (Å²) in [4.78, 5) is 6.80.